The molecule has 0 atom stereocenters. The molecule has 6 nitrogen and oxygen atoms in total. The summed E-state index contributed by atoms with van der Waals surface area (Å²) in [6, 6.07) is 14.0. The van der Waals surface area contributed by atoms with Crippen LogP contribution in [0.3, 0.4) is 0 Å². The van der Waals surface area contributed by atoms with Crippen LogP contribution in [0, 0.1) is 13.8 Å². The van der Waals surface area contributed by atoms with E-state index in [0.717, 1.165) is 22.8 Å². The number of hydrogen-bond acceptors (Lipinski definition) is 3. The lowest BCUT2D eigenvalue weighted by Gasteiger charge is -2.14. The standard InChI is InChI=1S/C25H23F3N4O2/c1-16-19-15-29-32(18-9-4-3-5-10-18)24(34)23(19)17(2)31(16)14-8-13-22(33)30-21-12-7-6-11-20(21)25(26,27)28/h3-7,9-12,15H,8,13-14H2,1-2H3,(H,30,33). The number of halogens is 3. The van der Waals surface area contributed by atoms with E-state index in [1.165, 1.54) is 22.9 Å². The summed E-state index contributed by atoms with van der Waals surface area (Å²) in [4.78, 5) is 25.5. The van der Waals surface area contributed by atoms with Crippen molar-refractivity contribution >= 4 is 22.4 Å². The number of carbonyl (C=O) groups excluding carboxylic acids is 1. The van der Waals surface area contributed by atoms with E-state index in [4.69, 9.17) is 0 Å². The smallest absolute Gasteiger partial charge is 0.348 e. The molecular formula is C25H23F3N4O2. The van der Waals surface area contributed by atoms with E-state index in [1.807, 2.05) is 36.6 Å². The Morgan fingerprint density at radius 1 is 1.00 bits per heavy atom. The summed E-state index contributed by atoms with van der Waals surface area (Å²) in [5.41, 5.74) is 0.896. The first-order valence-corrected chi connectivity index (χ1v) is 10.8. The average Bonchev–Trinajstić information content (AvgIpc) is 3.05. The van der Waals surface area contributed by atoms with Crippen molar-refractivity contribution in [3.63, 3.8) is 0 Å². The Morgan fingerprint density at radius 2 is 1.68 bits per heavy atom. The molecule has 2 aromatic heterocycles. The third-order valence-corrected chi connectivity index (χ3v) is 5.83. The van der Waals surface area contributed by atoms with E-state index in [9.17, 15) is 22.8 Å². The Morgan fingerprint density at radius 3 is 2.38 bits per heavy atom. The van der Waals surface area contributed by atoms with E-state index in [1.54, 1.807) is 18.3 Å². The highest BCUT2D eigenvalue weighted by molar-refractivity contribution is 5.91. The van der Waals surface area contributed by atoms with Crippen molar-refractivity contribution in [2.75, 3.05) is 5.32 Å². The van der Waals surface area contributed by atoms with Gasteiger partial charge in [0.05, 0.1) is 28.5 Å². The highest BCUT2D eigenvalue weighted by Gasteiger charge is 2.33. The van der Waals surface area contributed by atoms with Crippen LogP contribution in [0.4, 0.5) is 18.9 Å². The van der Waals surface area contributed by atoms with Gasteiger partial charge in [-0.25, -0.2) is 0 Å². The van der Waals surface area contributed by atoms with Crippen molar-refractivity contribution in [2.24, 2.45) is 0 Å². The van der Waals surface area contributed by atoms with Crippen molar-refractivity contribution in [3.8, 4) is 5.69 Å². The van der Waals surface area contributed by atoms with Gasteiger partial charge in [0.15, 0.2) is 0 Å². The Balaban J connectivity index is 1.51. The minimum Gasteiger partial charge on any atom is -0.348 e. The zero-order chi connectivity index (χ0) is 24.5. The highest BCUT2D eigenvalue weighted by Crippen LogP contribution is 2.34. The van der Waals surface area contributed by atoms with E-state index in [2.05, 4.69) is 10.4 Å². The van der Waals surface area contributed by atoms with Crippen molar-refractivity contribution in [2.45, 2.75) is 39.4 Å². The topological polar surface area (TPSA) is 68.9 Å². The average molecular weight is 468 g/mol. The molecule has 1 N–H and O–H groups in total. The number of amides is 1. The SMILES string of the molecule is Cc1c2cnn(-c3ccccc3)c(=O)c2c(C)n1CCCC(=O)Nc1ccccc1C(F)(F)F. The normalized spacial score (nSPS) is 11.7. The summed E-state index contributed by atoms with van der Waals surface area (Å²) in [7, 11) is 0. The molecule has 0 radical (unpaired) electrons. The molecule has 0 bridgehead atoms. The fourth-order valence-corrected chi connectivity index (χ4v) is 4.15. The van der Waals surface area contributed by atoms with Gasteiger partial charge in [-0.2, -0.15) is 23.0 Å². The number of carbonyl (C=O) groups is 1. The van der Waals surface area contributed by atoms with Crippen molar-refractivity contribution in [1.29, 1.82) is 0 Å². The van der Waals surface area contributed by atoms with Gasteiger partial charge in [0.2, 0.25) is 5.91 Å². The van der Waals surface area contributed by atoms with Crippen LogP contribution in [0.15, 0.2) is 65.6 Å². The summed E-state index contributed by atoms with van der Waals surface area (Å²) in [6.07, 6.45) is -2.47. The summed E-state index contributed by atoms with van der Waals surface area (Å²) in [5, 5.41) is 7.96. The predicted octanol–water partition coefficient (Wildman–Crippen LogP) is 5.24. The molecule has 0 aliphatic carbocycles. The molecule has 0 unspecified atom stereocenters. The summed E-state index contributed by atoms with van der Waals surface area (Å²) in [6.45, 7) is 4.15. The number of benzene rings is 2. The number of nitrogens with one attached hydrogen (secondary N) is 1. The van der Waals surface area contributed by atoms with Crippen LogP contribution >= 0.6 is 0 Å². The maximum absolute atomic E-state index is 13.1. The van der Waals surface area contributed by atoms with E-state index in [0.29, 0.717) is 24.0 Å². The minimum atomic E-state index is -4.55. The molecule has 0 aliphatic rings. The van der Waals surface area contributed by atoms with Gasteiger partial charge in [-0.15, -0.1) is 0 Å². The van der Waals surface area contributed by atoms with Crippen LogP contribution in [0.2, 0.25) is 0 Å². The Kier molecular flexibility index (Phi) is 6.28. The monoisotopic (exact) mass is 468 g/mol. The fourth-order valence-electron chi connectivity index (χ4n) is 4.15. The van der Waals surface area contributed by atoms with Crippen molar-refractivity contribution in [1.82, 2.24) is 14.3 Å². The molecule has 4 aromatic rings. The molecular weight excluding hydrogens is 445 g/mol. The molecule has 34 heavy (non-hydrogen) atoms. The molecule has 176 valence electrons. The molecule has 0 saturated heterocycles. The third-order valence-electron chi connectivity index (χ3n) is 5.83. The summed E-state index contributed by atoms with van der Waals surface area (Å²) < 4.78 is 42.7. The molecule has 0 fully saturated rings. The number of fused-ring (bicyclic) bond motifs is 1. The van der Waals surface area contributed by atoms with E-state index in [-0.39, 0.29) is 17.7 Å². The van der Waals surface area contributed by atoms with E-state index >= 15 is 0 Å². The van der Waals surface area contributed by atoms with Gasteiger partial charge in [0.1, 0.15) is 0 Å². The molecule has 2 heterocycles. The number of alkyl halides is 3. The van der Waals surface area contributed by atoms with Crippen LogP contribution in [-0.4, -0.2) is 20.3 Å². The summed E-state index contributed by atoms with van der Waals surface area (Å²) >= 11 is 0. The van der Waals surface area contributed by atoms with Crippen molar-refractivity contribution < 1.29 is 18.0 Å². The maximum Gasteiger partial charge on any atom is 0.418 e. The van der Waals surface area contributed by atoms with Gasteiger partial charge in [-0.3, -0.25) is 9.59 Å². The Bertz CT molecular complexity index is 1410. The van der Waals surface area contributed by atoms with Crippen LogP contribution in [0.25, 0.3) is 16.5 Å². The maximum atomic E-state index is 13.1. The lowest BCUT2D eigenvalue weighted by atomic mass is 10.1. The summed E-state index contributed by atoms with van der Waals surface area (Å²) in [5.74, 6) is -0.503. The van der Waals surface area contributed by atoms with Gasteiger partial charge >= 0.3 is 6.18 Å². The molecule has 0 spiro atoms. The van der Waals surface area contributed by atoms with Gasteiger partial charge in [0.25, 0.3) is 5.56 Å². The zero-order valence-electron chi connectivity index (χ0n) is 18.7. The second-order valence-corrected chi connectivity index (χ2v) is 8.00. The van der Waals surface area contributed by atoms with Gasteiger partial charge in [0, 0.05) is 29.7 Å². The molecule has 4 rings (SSSR count). The number of anilines is 1. The second kappa shape index (κ2) is 9.17. The quantitative estimate of drug-likeness (QED) is 0.421. The zero-order valence-corrected chi connectivity index (χ0v) is 18.7. The number of aryl methyl sites for hydroxylation is 2. The highest BCUT2D eigenvalue weighted by atomic mass is 19.4. The number of aromatic nitrogens is 3. The van der Waals surface area contributed by atoms with Gasteiger partial charge in [-0.1, -0.05) is 30.3 Å². The Labute approximate surface area is 193 Å². The first-order valence-electron chi connectivity index (χ1n) is 10.8. The van der Waals surface area contributed by atoms with Crippen LogP contribution in [0.5, 0.6) is 0 Å². The second-order valence-electron chi connectivity index (χ2n) is 8.00. The fraction of sp³-hybridized carbons (Fsp3) is 0.240. The van der Waals surface area contributed by atoms with Crippen LogP contribution < -0.4 is 10.9 Å². The van der Waals surface area contributed by atoms with E-state index < -0.39 is 17.6 Å². The number of rotatable bonds is 6. The predicted molar refractivity (Wildman–Crippen MR) is 124 cm³/mol. The van der Waals surface area contributed by atoms with Crippen LogP contribution in [0.1, 0.15) is 29.8 Å². The largest absolute Gasteiger partial charge is 0.418 e. The molecule has 2 aromatic carbocycles. The number of hydrogen-bond donors (Lipinski definition) is 1. The molecule has 1 amide bonds. The molecule has 9 heteroatoms. The van der Waals surface area contributed by atoms with Gasteiger partial charge in [-0.05, 0) is 44.5 Å². The van der Waals surface area contributed by atoms with Crippen molar-refractivity contribution in [3.05, 3.63) is 88.1 Å². The van der Waals surface area contributed by atoms with Gasteiger partial charge < -0.3 is 9.88 Å². The number of para-hydroxylation sites is 2. The third kappa shape index (κ3) is 4.46. The minimum absolute atomic E-state index is 0.0338. The number of nitrogens with zero attached hydrogens (tertiary/aromatic N) is 3. The molecule has 0 aliphatic heterocycles. The first-order chi connectivity index (χ1) is 16.2. The first kappa shape index (κ1) is 23.3. The lowest BCUT2D eigenvalue weighted by molar-refractivity contribution is -0.137. The van der Waals surface area contributed by atoms with Crippen LogP contribution in [-0.2, 0) is 17.5 Å². The molecule has 0 saturated carbocycles. The Hall–Kier alpha value is -3.88. The lowest BCUT2D eigenvalue weighted by Crippen LogP contribution is -2.21.